The molecule has 1 fully saturated rings. The second-order valence-corrected chi connectivity index (χ2v) is 6.67. The second-order valence-electron chi connectivity index (χ2n) is 6.30. The minimum atomic E-state index is -1.21. The molecule has 0 radical (unpaired) electrons. The largest absolute Gasteiger partial charge is 0.465 e. The zero-order valence-electron chi connectivity index (χ0n) is 14.7. The van der Waals surface area contributed by atoms with Crippen molar-refractivity contribution in [2.24, 2.45) is 0 Å². The van der Waals surface area contributed by atoms with E-state index in [0.29, 0.717) is 30.0 Å². The van der Waals surface area contributed by atoms with Crippen molar-refractivity contribution in [3.63, 3.8) is 0 Å². The molecule has 3 aromatic rings. The fourth-order valence-corrected chi connectivity index (χ4v) is 3.43. The van der Waals surface area contributed by atoms with Crippen LogP contribution in [0.25, 0.3) is 16.8 Å². The van der Waals surface area contributed by atoms with Gasteiger partial charge in [-0.1, -0.05) is 17.7 Å². The summed E-state index contributed by atoms with van der Waals surface area (Å²) in [6, 6.07) is 5.04. The second kappa shape index (κ2) is 7.61. The number of halogens is 2. The number of benzene rings is 1. The molecule has 2 aromatic heterocycles. The zero-order chi connectivity index (χ0) is 19.7. The summed E-state index contributed by atoms with van der Waals surface area (Å²) < 4.78 is 22.0. The van der Waals surface area contributed by atoms with Crippen LogP contribution in [0.5, 0.6) is 0 Å². The van der Waals surface area contributed by atoms with Crippen LogP contribution < -0.4 is 10.2 Å². The van der Waals surface area contributed by atoms with E-state index in [2.05, 4.69) is 20.3 Å². The van der Waals surface area contributed by atoms with E-state index in [-0.39, 0.29) is 17.1 Å². The quantitative estimate of drug-likeness (QED) is 0.693. The molecule has 0 bridgehead atoms. The Morgan fingerprint density at radius 1 is 1.36 bits per heavy atom. The first-order chi connectivity index (χ1) is 13.5. The number of carboxylic acid groups (broad SMARTS) is 1. The van der Waals surface area contributed by atoms with Gasteiger partial charge in [-0.15, -0.1) is 0 Å². The molecule has 1 aromatic carbocycles. The highest BCUT2D eigenvalue weighted by atomic mass is 35.5. The lowest BCUT2D eigenvalue weighted by Crippen LogP contribution is -2.35. The van der Waals surface area contributed by atoms with Gasteiger partial charge in [0.1, 0.15) is 12.0 Å². The van der Waals surface area contributed by atoms with Crippen molar-refractivity contribution in [3.05, 3.63) is 47.1 Å². The number of carbonyl (C=O) groups is 1. The van der Waals surface area contributed by atoms with E-state index in [4.69, 9.17) is 21.4 Å². The van der Waals surface area contributed by atoms with Gasteiger partial charge in [0.25, 0.3) is 0 Å². The molecule has 0 aliphatic carbocycles. The fraction of sp³-hybridized carbons (Fsp3) is 0.278. The van der Waals surface area contributed by atoms with Crippen molar-refractivity contribution in [1.82, 2.24) is 19.9 Å². The number of nitrogens with one attached hydrogen (secondary N) is 1. The molecule has 1 amide bonds. The van der Waals surface area contributed by atoms with E-state index < -0.39 is 11.9 Å². The molecule has 1 saturated heterocycles. The number of fused-ring (bicyclic) bond motifs is 1. The first-order valence-corrected chi connectivity index (χ1v) is 9.02. The molecule has 8 nitrogen and oxygen atoms in total. The Morgan fingerprint density at radius 2 is 2.14 bits per heavy atom. The number of hydrogen-bond donors (Lipinski definition) is 2. The van der Waals surface area contributed by atoms with Crippen LogP contribution in [0, 0.1) is 5.82 Å². The summed E-state index contributed by atoms with van der Waals surface area (Å²) in [7, 11) is 0. The maximum Gasteiger partial charge on any atom is 0.404 e. The molecule has 0 unspecified atom stereocenters. The van der Waals surface area contributed by atoms with Crippen molar-refractivity contribution >= 4 is 28.9 Å². The predicted molar refractivity (Wildman–Crippen MR) is 101 cm³/mol. The standard InChI is InChI=1S/C18H17ClFN5O3/c19-15-11(8-21-18(26)27)1-2-13(16(15)20)17-14-7-12(9-25(14)23-10-22-17)24-3-5-28-6-4-24/h1-2,7,9-10,21H,3-6,8H2,(H,26,27). The lowest BCUT2D eigenvalue weighted by molar-refractivity contribution is 0.122. The van der Waals surface area contributed by atoms with Gasteiger partial charge in [-0.25, -0.2) is 18.7 Å². The van der Waals surface area contributed by atoms with Crippen molar-refractivity contribution in [2.75, 3.05) is 31.2 Å². The van der Waals surface area contributed by atoms with Gasteiger partial charge in [0.2, 0.25) is 0 Å². The van der Waals surface area contributed by atoms with Crippen LogP contribution >= 0.6 is 11.6 Å². The number of anilines is 1. The maximum absolute atomic E-state index is 15.0. The number of aromatic nitrogens is 3. The van der Waals surface area contributed by atoms with E-state index in [1.807, 2.05) is 12.3 Å². The maximum atomic E-state index is 15.0. The van der Waals surface area contributed by atoms with Gasteiger partial charge in [-0.2, -0.15) is 5.10 Å². The monoisotopic (exact) mass is 405 g/mol. The first kappa shape index (κ1) is 18.5. The van der Waals surface area contributed by atoms with Gasteiger partial charge in [-0.3, -0.25) is 0 Å². The van der Waals surface area contributed by atoms with Crippen molar-refractivity contribution in [3.8, 4) is 11.3 Å². The molecular formula is C18H17ClFN5O3. The number of amides is 1. The van der Waals surface area contributed by atoms with Crippen LogP contribution in [0.2, 0.25) is 5.02 Å². The Balaban J connectivity index is 1.73. The van der Waals surface area contributed by atoms with Crippen molar-refractivity contribution in [2.45, 2.75) is 6.54 Å². The summed E-state index contributed by atoms with van der Waals surface area (Å²) in [5.74, 6) is -0.652. The predicted octanol–water partition coefficient (Wildman–Crippen LogP) is 2.79. The molecule has 146 valence electrons. The molecule has 28 heavy (non-hydrogen) atoms. The van der Waals surface area contributed by atoms with Gasteiger partial charge in [-0.05, 0) is 17.7 Å². The highest BCUT2D eigenvalue weighted by molar-refractivity contribution is 6.31. The Morgan fingerprint density at radius 3 is 2.89 bits per heavy atom. The number of hydrogen-bond acceptors (Lipinski definition) is 5. The number of nitrogens with zero attached hydrogens (tertiary/aromatic N) is 4. The number of rotatable bonds is 4. The minimum absolute atomic E-state index is 0.0865. The van der Waals surface area contributed by atoms with Crippen LogP contribution in [0.4, 0.5) is 14.9 Å². The summed E-state index contributed by atoms with van der Waals surface area (Å²) in [5.41, 5.74) is 2.59. The topological polar surface area (TPSA) is 92.0 Å². The van der Waals surface area contributed by atoms with Gasteiger partial charge >= 0.3 is 6.09 Å². The number of morpholine rings is 1. The van der Waals surface area contributed by atoms with E-state index in [1.54, 1.807) is 16.6 Å². The molecular weight excluding hydrogens is 389 g/mol. The Bertz CT molecular complexity index is 1040. The molecule has 2 N–H and O–H groups in total. The van der Waals surface area contributed by atoms with Crippen molar-refractivity contribution in [1.29, 1.82) is 0 Å². The third-order valence-electron chi connectivity index (χ3n) is 4.62. The number of ether oxygens (including phenoxy) is 1. The molecule has 4 rings (SSSR count). The molecule has 3 heterocycles. The van der Waals surface area contributed by atoms with E-state index in [0.717, 1.165) is 18.8 Å². The van der Waals surface area contributed by atoms with Crippen LogP contribution in [0.3, 0.4) is 0 Å². The average molecular weight is 406 g/mol. The van der Waals surface area contributed by atoms with Crippen molar-refractivity contribution < 1.29 is 19.0 Å². The van der Waals surface area contributed by atoms with E-state index >= 15 is 0 Å². The summed E-state index contributed by atoms with van der Waals surface area (Å²) in [6.07, 6.45) is 2.02. The summed E-state index contributed by atoms with van der Waals surface area (Å²) in [6.45, 7) is 2.76. The average Bonchev–Trinajstić information content (AvgIpc) is 3.14. The summed E-state index contributed by atoms with van der Waals surface area (Å²) in [5, 5.41) is 15.0. The highest BCUT2D eigenvalue weighted by Gasteiger charge is 2.19. The first-order valence-electron chi connectivity index (χ1n) is 8.64. The van der Waals surface area contributed by atoms with Crippen LogP contribution in [0.15, 0.2) is 30.7 Å². The smallest absolute Gasteiger partial charge is 0.404 e. The Labute approximate surface area is 164 Å². The highest BCUT2D eigenvalue weighted by Crippen LogP contribution is 2.33. The molecule has 0 saturated carbocycles. The van der Waals surface area contributed by atoms with Crippen LogP contribution in [0.1, 0.15) is 5.56 Å². The zero-order valence-corrected chi connectivity index (χ0v) is 15.5. The lowest BCUT2D eigenvalue weighted by atomic mass is 10.1. The normalized spacial score (nSPS) is 14.4. The molecule has 1 aliphatic rings. The summed E-state index contributed by atoms with van der Waals surface area (Å²) in [4.78, 5) is 17.1. The van der Waals surface area contributed by atoms with Crippen LogP contribution in [-0.2, 0) is 11.3 Å². The Hall–Kier alpha value is -2.91. The van der Waals surface area contributed by atoms with Gasteiger partial charge in [0, 0.05) is 25.2 Å². The Kier molecular flexibility index (Phi) is 5.01. The third-order valence-corrected chi connectivity index (χ3v) is 5.02. The molecule has 10 heteroatoms. The van der Waals surface area contributed by atoms with Gasteiger partial charge in [0.05, 0.1) is 35.6 Å². The summed E-state index contributed by atoms with van der Waals surface area (Å²) >= 11 is 6.13. The molecule has 0 atom stereocenters. The molecule has 1 aliphatic heterocycles. The lowest BCUT2D eigenvalue weighted by Gasteiger charge is -2.27. The van der Waals surface area contributed by atoms with Gasteiger partial charge in [0.15, 0.2) is 5.82 Å². The third kappa shape index (κ3) is 3.46. The van der Waals surface area contributed by atoms with E-state index in [1.165, 1.54) is 6.33 Å². The van der Waals surface area contributed by atoms with Gasteiger partial charge < -0.3 is 20.1 Å². The SMILES string of the molecule is O=C(O)NCc1ccc(-c2ncnn3cc(N4CCOCC4)cc23)c(F)c1Cl. The fourth-order valence-electron chi connectivity index (χ4n) is 3.20. The van der Waals surface area contributed by atoms with E-state index in [9.17, 15) is 9.18 Å². The molecule has 0 spiro atoms. The minimum Gasteiger partial charge on any atom is -0.465 e. The van der Waals surface area contributed by atoms with Crippen LogP contribution in [-0.4, -0.2) is 52.1 Å².